The summed E-state index contributed by atoms with van der Waals surface area (Å²) in [6.07, 6.45) is 6.30. The van der Waals surface area contributed by atoms with Crippen LogP contribution in [0.2, 0.25) is 5.15 Å². The molecule has 3 aromatic rings. The minimum absolute atomic E-state index is 0.301. The molecule has 0 aliphatic carbocycles. The van der Waals surface area contributed by atoms with Crippen molar-refractivity contribution in [3.8, 4) is 11.6 Å². The monoisotopic (exact) mass is 284 g/mol. The Kier molecular flexibility index (Phi) is 3.26. The quantitative estimate of drug-likeness (QED) is 0.692. The molecule has 0 N–H and O–H groups in total. The van der Waals surface area contributed by atoms with Crippen LogP contribution >= 0.6 is 11.6 Å². The first kappa shape index (κ1) is 12.5. The van der Waals surface area contributed by atoms with Gasteiger partial charge in [-0.15, -0.1) is 0 Å². The molecule has 0 spiro atoms. The number of halogens is 1. The standard InChI is InChI=1S/C14H7ClN3O2/c15-13-4-14(18-8-17-13)20-11-1-2-12-9(3-11)5-16-6-10(12)7-19/h1-6,8H. The van der Waals surface area contributed by atoms with Crippen molar-refractivity contribution >= 4 is 28.7 Å². The summed E-state index contributed by atoms with van der Waals surface area (Å²) in [5.41, 5.74) is 0.416. The first-order chi connectivity index (χ1) is 9.76. The van der Waals surface area contributed by atoms with Gasteiger partial charge in [0.25, 0.3) is 0 Å². The van der Waals surface area contributed by atoms with E-state index in [9.17, 15) is 4.79 Å². The molecular weight excluding hydrogens is 278 g/mol. The highest BCUT2D eigenvalue weighted by molar-refractivity contribution is 6.29. The Morgan fingerprint density at radius 1 is 1.15 bits per heavy atom. The molecule has 0 fully saturated rings. The van der Waals surface area contributed by atoms with Crippen LogP contribution in [0.4, 0.5) is 0 Å². The second kappa shape index (κ2) is 5.22. The number of rotatable bonds is 3. The molecule has 0 bridgehead atoms. The van der Waals surface area contributed by atoms with Crippen molar-refractivity contribution in [1.82, 2.24) is 15.0 Å². The molecule has 0 aliphatic rings. The molecule has 20 heavy (non-hydrogen) atoms. The number of ether oxygens (including phenoxy) is 1. The Morgan fingerprint density at radius 2 is 2.05 bits per heavy atom. The van der Waals surface area contributed by atoms with E-state index in [1.165, 1.54) is 18.6 Å². The van der Waals surface area contributed by atoms with Gasteiger partial charge in [0.05, 0.1) is 5.56 Å². The summed E-state index contributed by atoms with van der Waals surface area (Å²) in [6.45, 7) is 0. The lowest BCUT2D eigenvalue weighted by Crippen LogP contribution is -1.90. The Labute approximate surface area is 119 Å². The molecule has 0 aliphatic heterocycles. The average Bonchev–Trinajstić information content (AvgIpc) is 2.46. The lowest BCUT2D eigenvalue weighted by atomic mass is 10.1. The topological polar surface area (TPSA) is 65.0 Å². The molecule has 0 atom stereocenters. The molecule has 0 saturated heterocycles. The Hall–Kier alpha value is -2.53. The summed E-state index contributed by atoms with van der Waals surface area (Å²) < 4.78 is 5.58. The molecule has 6 heteroatoms. The van der Waals surface area contributed by atoms with Crippen LogP contribution < -0.4 is 4.74 Å². The average molecular weight is 285 g/mol. The maximum atomic E-state index is 10.8. The van der Waals surface area contributed by atoms with Crippen LogP contribution in [-0.2, 0) is 4.79 Å². The molecule has 1 aromatic carbocycles. The summed E-state index contributed by atoms with van der Waals surface area (Å²) in [7, 11) is 0. The highest BCUT2D eigenvalue weighted by Crippen LogP contribution is 2.26. The summed E-state index contributed by atoms with van der Waals surface area (Å²) >= 11 is 5.76. The number of aromatic nitrogens is 3. The Bertz CT molecular complexity index is 792. The molecule has 2 aromatic heterocycles. The minimum Gasteiger partial charge on any atom is -0.439 e. The van der Waals surface area contributed by atoms with E-state index in [0.717, 1.165) is 10.8 Å². The first-order valence-corrected chi connectivity index (χ1v) is 6.05. The van der Waals surface area contributed by atoms with Crippen molar-refractivity contribution in [2.24, 2.45) is 0 Å². The molecule has 0 saturated carbocycles. The Balaban J connectivity index is 1.99. The zero-order valence-electron chi connectivity index (χ0n) is 10.1. The molecule has 0 unspecified atom stereocenters. The lowest BCUT2D eigenvalue weighted by molar-refractivity contribution is 0.462. The number of benzene rings is 1. The highest BCUT2D eigenvalue weighted by atomic mass is 35.5. The first-order valence-electron chi connectivity index (χ1n) is 5.67. The van der Waals surface area contributed by atoms with Gasteiger partial charge in [0.15, 0.2) is 0 Å². The summed E-state index contributed by atoms with van der Waals surface area (Å²) in [4.78, 5) is 22.5. The number of hydrogen-bond donors (Lipinski definition) is 0. The van der Waals surface area contributed by atoms with Crippen molar-refractivity contribution in [3.63, 3.8) is 0 Å². The zero-order chi connectivity index (χ0) is 13.9. The predicted octanol–water partition coefficient (Wildman–Crippen LogP) is 2.93. The summed E-state index contributed by atoms with van der Waals surface area (Å²) in [6, 6.07) is 6.79. The predicted molar refractivity (Wildman–Crippen MR) is 73.7 cm³/mol. The minimum atomic E-state index is 0.301. The fraction of sp³-hybridized carbons (Fsp3) is 0. The molecule has 0 amide bonds. The normalized spacial score (nSPS) is 10.4. The summed E-state index contributed by atoms with van der Waals surface area (Å²) in [5, 5.41) is 1.85. The van der Waals surface area contributed by atoms with Gasteiger partial charge in [0.2, 0.25) is 12.2 Å². The van der Waals surface area contributed by atoms with Crippen LogP contribution in [0.5, 0.6) is 11.6 Å². The van der Waals surface area contributed by atoms with Gasteiger partial charge in [-0.1, -0.05) is 11.6 Å². The van der Waals surface area contributed by atoms with Crippen molar-refractivity contribution in [2.45, 2.75) is 0 Å². The van der Waals surface area contributed by atoms with Crippen molar-refractivity contribution in [3.05, 3.63) is 53.7 Å². The molecule has 97 valence electrons. The van der Waals surface area contributed by atoms with Gasteiger partial charge in [0, 0.05) is 23.8 Å². The SMILES string of the molecule is O=[C]c1cncc2cc(Oc3cc(Cl)ncn3)ccc12. The van der Waals surface area contributed by atoms with E-state index in [1.807, 2.05) is 6.29 Å². The Morgan fingerprint density at radius 3 is 2.85 bits per heavy atom. The van der Waals surface area contributed by atoms with Crippen LogP contribution in [0.25, 0.3) is 10.8 Å². The smallest absolute Gasteiger partial charge is 0.235 e. The molecule has 1 radical (unpaired) electrons. The third-order valence-corrected chi connectivity index (χ3v) is 2.88. The van der Waals surface area contributed by atoms with E-state index in [0.29, 0.717) is 22.3 Å². The molecule has 3 rings (SSSR count). The highest BCUT2D eigenvalue weighted by Gasteiger charge is 2.05. The second-order valence-electron chi connectivity index (χ2n) is 3.95. The number of fused-ring (bicyclic) bond motifs is 1. The third-order valence-electron chi connectivity index (χ3n) is 2.67. The maximum Gasteiger partial charge on any atom is 0.235 e. The van der Waals surface area contributed by atoms with Gasteiger partial charge < -0.3 is 4.74 Å². The number of hydrogen-bond acceptors (Lipinski definition) is 5. The van der Waals surface area contributed by atoms with Crippen LogP contribution in [0.1, 0.15) is 5.56 Å². The van der Waals surface area contributed by atoms with Crippen molar-refractivity contribution in [2.75, 3.05) is 0 Å². The lowest BCUT2D eigenvalue weighted by Gasteiger charge is -2.06. The van der Waals surface area contributed by atoms with Gasteiger partial charge in [0.1, 0.15) is 17.2 Å². The van der Waals surface area contributed by atoms with Gasteiger partial charge in [-0.2, -0.15) is 0 Å². The van der Waals surface area contributed by atoms with E-state index < -0.39 is 0 Å². The largest absolute Gasteiger partial charge is 0.439 e. The van der Waals surface area contributed by atoms with Gasteiger partial charge in [-0.3, -0.25) is 9.78 Å². The third kappa shape index (κ3) is 2.44. The molecule has 2 heterocycles. The van der Waals surface area contributed by atoms with Gasteiger partial charge in [-0.05, 0) is 23.6 Å². The van der Waals surface area contributed by atoms with Crippen LogP contribution in [0, 0.1) is 0 Å². The number of nitrogens with zero attached hydrogens (tertiary/aromatic N) is 3. The number of pyridine rings is 1. The molecular formula is C14H7ClN3O2. The van der Waals surface area contributed by atoms with Crippen LogP contribution in [0.15, 0.2) is 43.0 Å². The van der Waals surface area contributed by atoms with Crippen LogP contribution in [-0.4, -0.2) is 21.2 Å². The van der Waals surface area contributed by atoms with E-state index in [-0.39, 0.29) is 0 Å². The van der Waals surface area contributed by atoms with E-state index >= 15 is 0 Å². The summed E-state index contributed by atoms with van der Waals surface area (Å²) in [5.74, 6) is 0.910. The fourth-order valence-corrected chi connectivity index (χ4v) is 1.93. The second-order valence-corrected chi connectivity index (χ2v) is 4.34. The fourth-order valence-electron chi connectivity index (χ4n) is 1.79. The zero-order valence-corrected chi connectivity index (χ0v) is 10.8. The maximum absolute atomic E-state index is 10.8. The van der Waals surface area contributed by atoms with E-state index in [4.69, 9.17) is 16.3 Å². The van der Waals surface area contributed by atoms with Gasteiger partial charge in [-0.25, -0.2) is 9.97 Å². The van der Waals surface area contributed by atoms with Gasteiger partial charge >= 0.3 is 0 Å². The van der Waals surface area contributed by atoms with Crippen molar-refractivity contribution < 1.29 is 9.53 Å². The van der Waals surface area contributed by atoms with E-state index in [1.54, 1.807) is 24.4 Å². The van der Waals surface area contributed by atoms with Crippen molar-refractivity contribution in [1.29, 1.82) is 0 Å². The molecule has 5 nitrogen and oxygen atoms in total. The van der Waals surface area contributed by atoms with Crippen LogP contribution in [0.3, 0.4) is 0 Å². The van der Waals surface area contributed by atoms with E-state index in [2.05, 4.69) is 15.0 Å². The number of carbonyl (C=O) groups excluding carboxylic acids is 1.